The molecule has 3 aromatic carbocycles. The molecule has 6 rings (SSSR count). The number of benzene rings is 3. The lowest BCUT2D eigenvalue weighted by Gasteiger charge is -2.40. The average molecular weight is 595 g/mol. The normalized spacial score (nSPS) is 16.6. The standard InChI is InChI=1S/C31H25F3N2O5S/c1-30(2)16-22-13-20(19-3-6-23(7-4-19)31(32,33)34)5-10-28(22)36(18-30)42(38,39)24-8-9-25(27-15-29(37)41-35-27)26(14-24)21-11-12-40-17-21/h3-14,17H,15-16,18H2,1-2H3. The molecule has 1 aromatic heterocycles. The van der Waals surface area contributed by atoms with Gasteiger partial charge in [0.05, 0.1) is 40.8 Å². The third-order valence-electron chi connectivity index (χ3n) is 7.43. The molecule has 0 atom stereocenters. The van der Waals surface area contributed by atoms with E-state index in [0.29, 0.717) is 45.6 Å². The molecule has 0 radical (unpaired) electrons. The number of fused-ring (bicyclic) bond motifs is 1. The van der Waals surface area contributed by atoms with Crippen molar-refractivity contribution in [2.75, 3.05) is 10.8 Å². The maximum atomic E-state index is 14.2. The van der Waals surface area contributed by atoms with Gasteiger partial charge in [0.2, 0.25) is 0 Å². The van der Waals surface area contributed by atoms with Gasteiger partial charge in [0, 0.05) is 17.7 Å². The van der Waals surface area contributed by atoms with Crippen molar-refractivity contribution in [1.82, 2.24) is 0 Å². The molecule has 11 heteroatoms. The Kier molecular flexibility index (Phi) is 6.53. The minimum atomic E-state index is -4.43. The number of rotatable bonds is 5. The van der Waals surface area contributed by atoms with Gasteiger partial charge in [0.1, 0.15) is 0 Å². The molecule has 0 saturated heterocycles. The van der Waals surface area contributed by atoms with Crippen molar-refractivity contribution in [3.63, 3.8) is 0 Å². The van der Waals surface area contributed by atoms with E-state index in [-0.39, 0.29) is 17.9 Å². The number of alkyl halides is 3. The number of nitrogens with zero attached hydrogens (tertiary/aromatic N) is 2. The Hall–Kier alpha value is -4.38. The second-order valence-corrected chi connectivity index (χ2v) is 13.0. The van der Waals surface area contributed by atoms with Gasteiger partial charge in [-0.1, -0.05) is 43.3 Å². The zero-order valence-electron chi connectivity index (χ0n) is 22.6. The fourth-order valence-electron chi connectivity index (χ4n) is 5.43. The van der Waals surface area contributed by atoms with Crippen molar-refractivity contribution in [2.45, 2.75) is 37.8 Å². The fraction of sp³-hybridized carbons (Fsp3) is 0.226. The van der Waals surface area contributed by atoms with E-state index in [9.17, 15) is 26.4 Å². The van der Waals surface area contributed by atoms with Crippen LogP contribution in [-0.4, -0.2) is 26.6 Å². The van der Waals surface area contributed by atoms with Gasteiger partial charge in [-0.2, -0.15) is 13.2 Å². The molecule has 4 aromatic rings. The number of hydrogen-bond donors (Lipinski definition) is 0. The van der Waals surface area contributed by atoms with Gasteiger partial charge in [0.15, 0.2) is 0 Å². The first-order valence-corrected chi connectivity index (χ1v) is 14.5. The average Bonchev–Trinajstić information content (AvgIpc) is 3.63. The molecule has 0 saturated carbocycles. The lowest BCUT2D eigenvalue weighted by Crippen LogP contribution is -2.44. The molecule has 0 bridgehead atoms. The van der Waals surface area contributed by atoms with Crippen molar-refractivity contribution in [3.05, 3.63) is 95.9 Å². The zero-order chi connectivity index (χ0) is 29.9. The van der Waals surface area contributed by atoms with Gasteiger partial charge in [-0.15, -0.1) is 0 Å². The van der Waals surface area contributed by atoms with Gasteiger partial charge in [0.25, 0.3) is 10.0 Å². The first-order chi connectivity index (χ1) is 19.8. The summed E-state index contributed by atoms with van der Waals surface area (Å²) >= 11 is 0. The zero-order valence-corrected chi connectivity index (χ0v) is 23.4. The first kappa shape index (κ1) is 27.8. The lowest BCUT2D eigenvalue weighted by molar-refractivity contribution is -0.140. The number of halogens is 3. The Morgan fingerprint density at radius 2 is 1.64 bits per heavy atom. The van der Waals surface area contributed by atoms with E-state index in [1.807, 2.05) is 19.9 Å². The van der Waals surface area contributed by atoms with Crippen molar-refractivity contribution >= 4 is 27.4 Å². The smallest absolute Gasteiger partial charge is 0.416 e. The molecular weight excluding hydrogens is 569 g/mol. The minimum Gasteiger partial charge on any atom is -0.472 e. The maximum absolute atomic E-state index is 14.2. The van der Waals surface area contributed by atoms with E-state index in [2.05, 4.69) is 5.16 Å². The van der Waals surface area contributed by atoms with Crippen LogP contribution >= 0.6 is 0 Å². The number of oxime groups is 1. The van der Waals surface area contributed by atoms with E-state index < -0.39 is 33.1 Å². The summed E-state index contributed by atoms with van der Waals surface area (Å²) in [5.74, 6) is -0.498. The van der Waals surface area contributed by atoms with Crippen LogP contribution in [0.5, 0.6) is 0 Å². The van der Waals surface area contributed by atoms with Crippen LogP contribution in [0, 0.1) is 5.41 Å². The summed E-state index contributed by atoms with van der Waals surface area (Å²) in [4.78, 5) is 16.5. The monoisotopic (exact) mass is 594 g/mol. The van der Waals surface area contributed by atoms with Crippen LogP contribution in [0.2, 0.25) is 0 Å². The summed E-state index contributed by atoms with van der Waals surface area (Å²) in [6.45, 7) is 4.16. The largest absolute Gasteiger partial charge is 0.472 e. The Morgan fingerprint density at radius 3 is 2.29 bits per heavy atom. The molecule has 2 aliphatic rings. The fourth-order valence-corrected chi connectivity index (χ4v) is 7.15. The summed E-state index contributed by atoms with van der Waals surface area (Å²) in [7, 11) is -4.07. The van der Waals surface area contributed by atoms with Crippen LogP contribution in [0.1, 0.15) is 37.0 Å². The molecule has 0 fully saturated rings. The van der Waals surface area contributed by atoms with Crippen molar-refractivity contribution in [1.29, 1.82) is 0 Å². The molecule has 42 heavy (non-hydrogen) atoms. The van der Waals surface area contributed by atoms with Crippen LogP contribution in [0.4, 0.5) is 18.9 Å². The SMILES string of the molecule is CC1(C)Cc2cc(-c3ccc(C(F)(F)F)cc3)ccc2N(S(=O)(=O)c2ccc(C3=NOC(=O)C3)c(-c3ccoc3)c2)C1. The molecule has 7 nitrogen and oxygen atoms in total. The summed E-state index contributed by atoms with van der Waals surface area (Å²) in [6, 6.07) is 16.5. The van der Waals surface area contributed by atoms with Gasteiger partial charge in [-0.3, -0.25) is 4.31 Å². The van der Waals surface area contributed by atoms with Crippen molar-refractivity contribution in [2.24, 2.45) is 10.6 Å². The van der Waals surface area contributed by atoms with E-state index >= 15 is 0 Å². The molecule has 0 amide bonds. The first-order valence-electron chi connectivity index (χ1n) is 13.1. The van der Waals surface area contributed by atoms with Crippen molar-refractivity contribution < 1.29 is 35.6 Å². The number of furan rings is 1. The van der Waals surface area contributed by atoms with Gasteiger partial charge < -0.3 is 9.25 Å². The Labute approximate surface area is 240 Å². The van der Waals surface area contributed by atoms with E-state index in [1.165, 1.54) is 35.0 Å². The predicted octanol–water partition coefficient (Wildman–Crippen LogP) is 7.06. The molecular formula is C31H25F3N2O5S. The molecule has 2 aliphatic heterocycles. The van der Waals surface area contributed by atoms with Crippen LogP contribution < -0.4 is 4.31 Å². The van der Waals surface area contributed by atoms with Gasteiger partial charge in [-0.25, -0.2) is 13.2 Å². The summed E-state index contributed by atoms with van der Waals surface area (Å²) in [5, 5.41) is 3.86. The Balaban J connectivity index is 1.40. The van der Waals surface area contributed by atoms with E-state index in [0.717, 1.165) is 17.7 Å². The van der Waals surface area contributed by atoms with Gasteiger partial charge in [-0.05, 0) is 76.6 Å². The van der Waals surface area contributed by atoms with Crippen LogP contribution in [0.25, 0.3) is 22.3 Å². The number of sulfonamides is 1. The Morgan fingerprint density at radius 1 is 0.905 bits per heavy atom. The topological polar surface area (TPSA) is 89.2 Å². The highest BCUT2D eigenvalue weighted by atomic mass is 32.2. The van der Waals surface area contributed by atoms with Crippen LogP contribution in [0.15, 0.2) is 93.7 Å². The second kappa shape index (κ2) is 9.87. The molecule has 0 spiro atoms. The van der Waals surface area contributed by atoms with E-state index in [4.69, 9.17) is 9.25 Å². The number of carbonyl (C=O) groups is 1. The van der Waals surface area contributed by atoms with E-state index in [1.54, 1.807) is 30.3 Å². The second-order valence-electron chi connectivity index (χ2n) is 11.2. The minimum absolute atomic E-state index is 0.0358. The van der Waals surface area contributed by atoms with Crippen LogP contribution in [-0.2, 0) is 32.3 Å². The number of hydrogen-bond acceptors (Lipinski definition) is 6. The predicted molar refractivity (Wildman–Crippen MR) is 150 cm³/mol. The van der Waals surface area contributed by atoms with Gasteiger partial charge >= 0.3 is 12.1 Å². The highest BCUT2D eigenvalue weighted by molar-refractivity contribution is 7.92. The summed E-state index contributed by atoms with van der Waals surface area (Å²) in [5.41, 5.74) is 3.50. The molecule has 216 valence electrons. The third kappa shape index (κ3) is 5.09. The van der Waals surface area contributed by atoms with Crippen LogP contribution in [0.3, 0.4) is 0 Å². The quantitative estimate of drug-likeness (QED) is 0.231. The highest BCUT2D eigenvalue weighted by Crippen LogP contribution is 2.42. The molecule has 0 N–H and O–H groups in total. The lowest BCUT2D eigenvalue weighted by atomic mass is 9.81. The molecule has 0 aliphatic carbocycles. The molecule has 3 heterocycles. The number of anilines is 1. The highest BCUT2D eigenvalue weighted by Gasteiger charge is 2.38. The van der Waals surface area contributed by atoms with Crippen molar-refractivity contribution in [3.8, 4) is 22.3 Å². The molecule has 0 unspecified atom stereocenters. The summed E-state index contributed by atoms with van der Waals surface area (Å²) in [6.07, 6.45) is -0.938. The Bertz CT molecular complexity index is 1830. The maximum Gasteiger partial charge on any atom is 0.416 e. The summed E-state index contributed by atoms with van der Waals surface area (Å²) < 4.78 is 74.2. The third-order valence-corrected chi connectivity index (χ3v) is 9.18. The number of carbonyl (C=O) groups excluding carboxylic acids is 1.